The zero-order valence-electron chi connectivity index (χ0n) is 17.0. The van der Waals surface area contributed by atoms with Gasteiger partial charge < -0.3 is 4.74 Å². The van der Waals surface area contributed by atoms with Crippen molar-refractivity contribution in [3.05, 3.63) is 53.6 Å². The summed E-state index contributed by atoms with van der Waals surface area (Å²) in [4.78, 5) is 0. The van der Waals surface area contributed by atoms with Crippen molar-refractivity contribution in [2.75, 3.05) is 6.61 Å². The highest BCUT2D eigenvalue weighted by Crippen LogP contribution is 2.66. The molecule has 0 aromatic heterocycles. The van der Waals surface area contributed by atoms with Gasteiger partial charge in [-0.25, -0.2) is 0 Å². The predicted octanol–water partition coefficient (Wildman–Crippen LogP) is 6.83. The van der Waals surface area contributed by atoms with Gasteiger partial charge in [-0.2, -0.15) is 0 Å². The monoisotopic (exact) mass is 360 g/mol. The molecule has 4 unspecified atom stereocenters. The molecule has 142 valence electrons. The van der Waals surface area contributed by atoms with E-state index in [1.807, 2.05) is 0 Å². The lowest BCUT2D eigenvalue weighted by atomic mass is 9.73. The highest BCUT2D eigenvalue weighted by molar-refractivity contribution is 5.82. The molecular weight excluding hydrogens is 328 g/mol. The molecule has 2 aromatic carbocycles. The first-order valence-electron chi connectivity index (χ1n) is 11.1. The van der Waals surface area contributed by atoms with E-state index in [-0.39, 0.29) is 5.41 Å². The molecule has 5 rings (SSSR count). The third-order valence-corrected chi connectivity index (χ3v) is 8.13. The number of fused-ring (bicyclic) bond motifs is 6. The van der Waals surface area contributed by atoms with Crippen LogP contribution in [-0.2, 0) is 5.41 Å². The standard InChI is InChI=1S/C26H32O/c1-4-17-13-18(5-2)23-16-26(15-22(17)23)24-10-8-7-9-20(24)21-12-11-19(27-6-3)14-25(21)26/h7-12,14,17-18,22-23H,4-6,13,15-16H2,1-3H3. The number of rotatable bonds is 4. The van der Waals surface area contributed by atoms with E-state index in [0.29, 0.717) is 0 Å². The van der Waals surface area contributed by atoms with E-state index in [1.165, 1.54) is 43.2 Å². The van der Waals surface area contributed by atoms with Gasteiger partial charge in [-0.1, -0.05) is 57.0 Å². The van der Waals surface area contributed by atoms with Gasteiger partial charge in [-0.05, 0) is 84.2 Å². The summed E-state index contributed by atoms with van der Waals surface area (Å²) < 4.78 is 5.91. The normalized spacial score (nSPS) is 33.1. The Morgan fingerprint density at radius 3 is 2.19 bits per heavy atom. The van der Waals surface area contributed by atoms with Crippen molar-refractivity contribution in [1.82, 2.24) is 0 Å². The molecule has 2 saturated carbocycles. The summed E-state index contributed by atoms with van der Waals surface area (Å²) >= 11 is 0. The summed E-state index contributed by atoms with van der Waals surface area (Å²) in [6, 6.07) is 16.1. The first-order chi connectivity index (χ1) is 13.2. The van der Waals surface area contributed by atoms with E-state index in [2.05, 4.69) is 63.2 Å². The van der Waals surface area contributed by atoms with E-state index in [1.54, 1.807) is 11.1 Å². The summed E-state index contributed by atoms with van der Waals surface area (Å²) in [7, 11) is 0. The molecule has 0 radical (unpaired) electrons. The minimum Gasteiger partial charge on any atom is -0.494 e. The maximum absolute atomic E-state index is 5.91. The lowest BCUT2D eigenvalue weighted by Gasteiger charge is -2.30. The van der Waals surface area contributed by atoms with E-state index < -0.39 is 0 Å². The third-order valence-electron chi connectivity index (χ3n) is 8.13. The quantitative estimate of drug-likeness (QED) is 0.580. The second kappa shape index (κ2) is 6.40. The fourth-order valence-corrected chi connectivity index (χ4v) is 7.03. The second-order valence-electron chi connectivity index (χ2n) is 9.08. The average Bonchev–Trinajstić information content (AvgIpc) is 3.32. The largest absolute Gasteiger partial charge is 0.494 e. The Labute approximate surface area is 164 Å². The summed E-state index contributed by atoms with van der Waals surface area (Å²) in [5.74, 6) is 4.68. The van der Waals surface area contributed by atoms with Gasteiger partial charge in [0.2, 0.25) is 0 Å². The van der Waals surface area contributed by atoms with Gasteiger partial charge in [-0.15, -0.1) is 0 Å². The Kier molecular flexibility index (Phi) is 4.11. The molecule has 1 spiro atoms. The number of hydrogen-bond acceptors (Lipinski definition) is 1. The molecule has 0 amide bonds. The molecule has 2 aromatic rings. The van der Waals surface area contributed by atoms with Crippen LogP contribution in [0.1, 0.15) is 64.0 Å². The fraction of sp³-hybridized carbons (Fsp3) is 0.538. The van der Waals surface area contributed by atoms with Crippen molar-refractivity contribution >= 4 is 0 Å². The number of hydrogen-bond donors (Lipinski definition) is 0. The minimum absolute atomic E-state index is 0.218. The molecule has 0 bridgehead atoms. The summed E-state index contributed by atoms with van der Waals surface area (Å²) in [5, 5.41) is 0. The molecule has 27 heavy (non-hydrogen) atoms. The van der Waals surface area contributed by atoms with Crippen molar-refractivity contribution in [2.45, 2.75) is 58.3 Å². The van der Waals surface area contributed by atoms with Crippen LogP contribution < -0.4 is 4.74 Å². The summed E-state index contributed by atoms with van der Waals surface area (Å²) in [6.45, 7) is 7.64. The lowest BCUT2D eigenvalue weighted by Crippen LogP contribution is -2.24. The van der Waals surface area contributed by atoms with Gasteiger partial charge in [0.1, 0.15) is 5.75 Å². The van der Waals surface area contributed by atoms with Gasteiger partial charge in [0, 0.05) is 5.41 Å². The molecule has 0 N–H and O–H groups in total. The molecule has 1 nitrogen and oxygen atoms in total. The zero-order chi connectivity index (χ0) is 18.6. The third kappa shape index (κ3) is 2.36. The molecule has 0 saturated heterocycles. The molecule has 4 atom stereocenters. The topological polar surface area (TPSA) is 9.23 Å². The van der Waals surface area contributed by atoms with Crippen LogP contribution in [0.4, 0.5) is 0 Å². The van der Waals surface area contributed by atoms with Crippen LogP contribution in [0.15, 0.2) is 42.5 Å². The van der Waals surface area contributed by atoms with Gasteiger partial charge in [0.15, 0.2) is 0 Å². The Morgan fingerprint density at radius 2 is 1.52 bits per heavy atom. The maximum atomic E-state index is 5.91. The lowest BCUT2D eigenvalue weighted by molar-refractivity contribution is 0.323. The van der Waals surface area contributed by atoms with Gasteiger partial charge in [0.05, 0.1) is 6.61 Å². The molecule has 2 fully saturated rings. The van der Waals surface area contributed by atoms with Crippen LogP contribution in [0.5, 0.6) is 5.75 Å². The smallest absolute Gasteiger partial charge is 0.119 e. The molecule has 0 heterocycles. The van der Waals surface area contributed by atoms with Crippen LogP contribution in [0.2, 0.25) is 0 Å². The van der Waals surface area contributed by atoms with E-state index in [9.17, 15) is 0 Å². The average molecular weight is 361 g/mol. The molecule has 0 aliphatic heterocycles. The summed E-state index contributed by atoms with van der Waals surface area (Å²) in [6.07, 6.45) is 6.84. The minimum atomic E-state index is 0.218. The van der Waals surface area contributed by atoms with E-state index in [0.717, 1.165) is 36.0 Å². The van der Waals surface area contributed by atoms with Crippen LogP contribution in [0.3, 0.4) is 0 Å². The highest BCUT2D eigenvalue weighted by atomic mass is 16.5. The highest BCUT2D eigenvalue weighted by Gasteiger charge is 2.57. The molecule has 3 aliphatic carbocycles. The fourth-order valence-electron chi connectivity index (χ4n) is 7.03. The van der Waals surface area contributed by atoms with Crippen molar-refractivity contribution in [2.24, 2.45) is 23.7 Å². The van der Waals surface area contributed by atoms with Crippen molar-refractivity contribution in [1.29, 1.82) is 0 Å². The van der Waals surface area contributed by atoms with Crippen molar-refractivity contribution in [3.8, 4) is 16.9 Å². The Balaban J connectivity index is 1.65. The van der Waals surface area contributed by atoms with Gasteiger partial charge >= 0.3 is 0 Å². The Morgan fingerprint density at radius 1 is 0.852 bits per heavy atom. The summed E-state index contributed by atoms with van der Waals surface area (Å²) in [5.41, 5.74) is 6.28. The van der Waals surface area contributed by atoms with E-state index >= 15 is 0 Å². The second-order valence-corrected chi connectivity index (χ2v) is 9.08. The molecular formula is C26H32O. The van der Waals surface area contributed by atoms with Crippen LogP contribution in [0.25, 0.3) is 11.1 Å². The maximum Gasteiger partial charge on any atom is 0.119 e. The van der Waals surface area contributed by atoms with E-state index in [4.69, 9.17) is 4.74 Å². The predicted molar refractivity (Wildman–Crippen MR) is 112 cm³/mol. The van der Waals surface area contributed by atoms with Gasteiger partial charge in [0.25, 0.3) is 0 Å². The van der Waals surface area contributed by atoms with Crippen LogP contribution >= 0.6 is 0 Å². The first-order valence-corrected chi connectivity index (χ1v) is 11.1. The molecule has 3 aliphatic rings. The SMILES string of the molecule is CCOc1ccc2c(c1)C1(CC3C(CC)CC(CC)C3C1)c1ccccc1-2. The Bertz CT molecular complexity index is 833. The first kappa shape index (κ1) is 17.3. The van der Waals surface area contributed by atoms with Crippen molar-refractivity contribution in [3.63, 3.8) is 0 Å². The molecule has 1 heteroatoms. The number of benzene rings is 2. The van der Waals surface area contributed by atoms with Gasteiger partial charge in [-0.3, -0.25) is 0 Å². The van der Waals surface area contributed by atoms with Crippen LogP contribution in [0, 0.1) is 23.7 Å². The Hall–Kier alpha value is -1.76. The number of ether oxygens (including phenoxy) is 1. The zero-order valence-corrected chi connectivity index (χ0v) is 17.0. The van der Waals surface area contributed by atoms with Crippen LogP contribution in [-0.4, -0.2) is 6.61 Å². The van der Waals surface area contributed by atoms with Crippen molar-refractivity contribution < 1.29 is 4.74 Å².